The van der Waals surface area contributed by atoms with Crippen LogP contribution in [0.4, 0.5) is 13.2 Å². The number of carbonyl (C=O) groups excluding carboxylic acids is 1. The summed E-state index contributed by atoms with van der Waals surface area (Å²) >= 11 is 4.98. The number of unbranched alkanes of at least 4 members (excludes halogenated alkanes) is 1. The largest absolute Gasteiger partial charge is 0.450 e. The molecule has 0 aliphatic heterocycles. The number of rotatable bonds is 6. The van der Waals surface area contributed by atoms with Gasteiger partial charge in [-0.25, -0.2) is 0 Å². The Balaban J connectivity index is 3.38. The molecular weight excluding hydrogens is 221 g/mol. The first kappa shape index (κ1) is 13.2. The van der Waals surface area contributed by atoms with Crippen LogP contribution in [0.15, 0.2) is 0 Å². The highest BCUT2D eigenvalue weighted by atomic mass is 32.2. The van der Waals surface area contributed by atoms with Crippen molar-refractivity contribution in [2.45, 2.75) is 19.0 Å². The van der Waals surface area contributed by atoms with Crippen LogP contribution in [0, 0.1) is 0 Å². The quantitative estimate of drug-likeness (QED) is 0.560. The maximum atomic E-state index is 11.6. The zero-order valence-electron chi connectivity index (χ0n) is 6.93. The Kier molecular flexibility index (Phi) is 6.67. The third-order valence-electron chi connectivity index (χ3n) is 1.25. The second kappa shape index (κ2) is 6.59. The Morgan fingerprint density at radius 1 is 1.31 bits per heavy atom. The van der Waals surface area contributed by atoms with Crippen LogP contribution < -0.4 is 0 Å². The van der Waals surface area contributed by atoms with E-state index >= 15 is 0 Å². The van der Waals surface area contributed by atoms with E-state index < -0.39 is 17.7 Å². The van der Waals surface area contributed by atoms with Crippen molar-refractivity contribution in [3.05, 3.63) is 0 Å². The van der Waals surface area contributed by atoms with Gasteiger partial charge in [0, 0.05) is 0 Å². The fraction of sp³-hybridized carbons (Fsp3) is 0.857. The molecular formula is C7H11F3OS2. The van der Waals surface area contributed by atoms with E-state index in [9.17, 15) is 18.0 Å². The van der Waals surface area contributed by atoms with E-state index in [1.54, 1.807) is 0 Å². The minimum atomic E-state index is -4.67. The van der Waals surface area contributed by atoms with E-state index in [0.29, 0.717) is 5.75 Å². The van der Waals surface area contributed by atoms with Gasteiger partial charge < -0.3 is 0 Å². The van der Waals surface area contributed by atoms with Gasteiger partial charge in [-0.15, -0.1) is 0 Å². The molecule has 0 atom stereocenters. The highest BCUT2D eigenvalue weighted by Crippen LogP contribution is 2.19. The van der Waals surface area contributed by atoms with Gasteiger partial charge in [-0.3, -0.25) is 4.79 Å². The zero-order chi connectivity index (χ0) is 10.3. The van der Waals surface area contributed by atoms with Crippen LogP contribution in [-0.4, -0.2) is 29.2 Å². The van der Waals surface area contributed by atoms with E-state index in [1.807, 2.05) is 0 Å². The van der Waals surface area contributed by atoms with Crippen molar-refractivity contribution in [3.63, 3.8) is 0 Å². The lowest BCUT2D eigenvalue weighted by atomic mass is 10.4. The summed E-state index contributed by atoms with van der Waals surface area (Å²) in [4.78, 5) is 10.3. The summed E-state index contributed by atoms with van der Waals surface area (Å²) in [6.07, 6.45) is -2.99. The first-order chi connectivity index (χ1) is 5.98. The minimum absolute atomic E-state index is 0.462. The summed E-state index contributed by atoms with van der Waals surface area (Å²) in [5.74, 6) is -0.796. The molecule has 0 saturated carbocycles. The highest BCUT2D eigenvalue weighted by Gasteiger charge is 2.37. The monoisotopic (exact) mass is 232 g/mol. The van der Waals surface area contributed by atoms with Crippen LogP contribution in [0.3, 0.4) is 0 Å². The van der Waals surface area contributed by atoms with Crippen LogP contribution >= 0.6 is 24.4 Å². The molecule has 0 N–H and O–H groups in total. The molecule has 0 fully saturated rings. The SMILES string of the molecule is O=C(CSCCCCS)C(F)(F)F. The fourth-order valence-corrected chi connectivity index (χ4v) is 1.69. The summed E-state index contributed by atoms with van der Waals surface area (Å²) in [5, 5.41) is 0. The Morgan fingerprint density at radius 3 is 2.38 bits per heavy atom. The molecule has 0 spiro atoms. The number of ketones is 1. The molecule has 1 nitrogen and oxygen atoms in total. The molecule has 0 unspecified atom stereocenters. The van der Waals surface area contributed by atoms with Crippen molar-refractivity contribution in [2.75, 3.05) is 17.3 Å². The average Bonchev–Trinajstić information content (AvgIpc) is 2.02. The number of thioether (sulfide) groups is 1. The van der Waals surface area contributed by atoms with Crippen LogP contribution in [0.25, 0.3) is 0 Å². The molecule has 13 heavy (non-hydrogen) atoms. The van der Waals surface area contributed by atoms with Crippen molar-refractivity contribution >= 4 is 30.2 Å². The lowest BCUT2D eigenvalue weighted by Gasteiger charge is -2.03. The van der Waals surface area contributed by atoms with E-state index in [0.717, 1.165) is 30.4 Å². The predicted molar refractivity (Wildman–Crippen MR) is 51.5 cm³/mol. The molecule has 0 aromatic heterocycles. The molecule has 0 rings (SSSR count). The second-order valence-corrected chi connectivity index (χ2v) is 3.96. The van der Waals surface area contributed by atoms with Crippen molar-refractivity contribution in [3.8, 4) is 0 Å². The average molecular weight is 232 g/mol. The number of alkyl halides is 3. The third kappa shape index (κ3) is 7.25. The molecule has 0 saturated heterocycles. The fourth-order valence-electron chi connectivity index (χ4n) is 0.563. The van der Waals surface area contributed by atoms with E-state index in [4.69, 9.17) is 0 Å². The topological polar surface area (TPSA) is 17.1 Å². The van der Waals surface area contributed by atoms with E-state index in [1.165, 1.54) is 0 Å². The number of halogens is 3. The lowest BCUT2D eigenvalue weighted by Crippen LogP contribution is -2.24. The molecule has 0 aliphatic rings. The molecule has 78 valence electrons. The maximum Gasteiger partial charge on any atom is 0.450 e. The Morgan fingerprint density at radius 2 is 1.92 bits per heavy atom. The van der Waals surface area contributed by atoms with Gasteiger partial charge in [-0.1, -0.05) is 0 Å². The van der Waals surface area contributed by atoms with Crippen molar-refractivity contribution in [2.24, 2.45) is 0 Å². The standard InChI is InChI=1S/C7H11F3OS2/c8-7(9,10)6(11)5-13-4-2-1-3-12/h12H,1-5H2. The van der Waals surface area contributed by atoms with Crippen molar-refractivity contribution in [1.29, 1.82) is 0 Å². The molecule has 0 amide bonds. The Hall–Kier alpha value is 0.160. The molecule has 0 aromatic carbocycles. The van der Waals surface area contributed by atoms with Gasteiger partial charge in [0.1, 0.15) is 0 Å². The molecule has 6 heteroatoms. The molecule has 0 aromatic rings. The Bertz CT molecular complexity index is 158. The summed E-state index contributed by atoms with van der Waals surface area (Å²) in [5.41, 5.74) is 0. The van der Waals surface area contributed by atoms with Gasteiger partial charge in [0.05, 0.1) is 5.75 Å². The third-order valence-corrected chi connectivity index (χ3v) is 2.61. The number of hydrogen-bond donors (Lipinski definition) is 1. The van der Waals surface area contributed by atoms with Gasteiger partial charge in [0.25, 0.3) is 0 Å². The van der Waals surface area contributed by atoms with Crippen LogP contribution in [0.1, 0.15) is 12.8 Å². The molecule has 0 radical (unpaired) electrons. The van der Waals surface area contributed by atoms with Gasteiger partial charge in [-0.05, 0) is 24.3 Å². The smallest absolute Gasteiger partial charge is 0.289 e. The van der Waals surface area contributed by atoms with Crippen LogP contribution in [-0.2, 0) is 4.79 Å². The van der Waals surface area contributed by atoms with Gasteiger partial charge in [0.15, 0.2) is 0 Å². The lowest BCUT2D eigenvalue weighted by molar-refractivity contribution is -0.167. The summed E-state index contributed by atoms with van der Waals surface area (Å²) in [7, 11) is 0. The number of carbonyl (C=O) groups is 1. The Labute approximate surface area is 84.9 Å². The predicted octanol–water partition coefficient (Wildman–Crippen LogP) is 2.56. The van der Waals surface area contributed by atoms with Crippen LogP contribution in [0.2, 0.25) is 0 Å². The molecule has 0 bridgehead atoms. The highest BCUT2D eigenvalue weighted by molar-refractivity contribution is 7.99. The second-order valence-electron chi connectivity index (χ2n) is 2.40. The van der Waals surface area contributed by atoms with Crippen molar-refractivity contribution in [1.82, 2.24) is 0 Å². The zero-order valence-corrected chi connectivity index (χ0v) is 8.64. The molecule has 0 aliphatic carbocycles. The summed E-state index contributed by atoms with van der Waals surface area (Å²) in [6, 6.07) is 0. The maximum absolute atomic E-state index is 11.6. The number of thiol groups is 1. The first-order valence-corrected chi connectivity index (χ1v) is 5.56. The first-order valence-electron chi connectivity index (χ1n) is 3.77. The normalized spacial score (nSPS) is 11.7. The minimum Gasteiger partial charge on any atom is -0.289 e. The van der Waals surface area contributed by atoms with Crippen molar-refractivity contribution < 1.29 is 18.0 Å². The van der Waals surface area contributed by atoms with E-state index in [2.05, 4.69) is 12.6 Å². The van der Waals surface area contributed by atoms with Gasteiger partial charge >= 0.3 is 6.18 Å². The summed E-state index contributed by atoms with van der Waals surface area (Å²) in [6.45, 7) is 0. The van der Waals surface area contributed by atoms with Gasteiger partial charge in [0.2, 0.25) is 5.78 Å². The number of Topliss-reactive ketones (excluding diaryl/α,β-unsaturated/α-hetero) is 1. The number of hydrogen-bond acceptors (Lipinski definition) is 3. The summed E-state index contributed by atoms with van der Waals surface area (Å²) < 4.78 is 34.9. The van der Waals surface area contributed by atoms with Gasteiger partial charge in [-0.2, -0.15) is 37.6 Å². The van der Waals surface area contributed by atoms with Crippen LogP contribution in [0.5, 0.6) is 0 Å². The van der Waals surface area contributed by atoms with E-state index in [-0.39, 0.29) is 0 Å². The molecule has 0 heterocycles.